The minimum Gasteiger partial charge on any atom is -0.454 e. The topological polar surface area (TPSA) is 24.9 Å². The maximum atomic E-state index is 5.43. The summed E-state index contributed by atoms with van der Waals surface area (Å²) >= 11 is 0. The maximum absolute atomic E-state index is 5.43. The zero-order valence-electron chi connectivity index (χ0n) is 12.0. The molecule has 0 bridgehead atoms. The van der Waals surface area contributed by atoms with Crippen molar-refractivity contribution >= 4 is 0 Å². The minimum absolute atomic E-state index is 0.350. The van der Waals surface area contributed by atoms with Gasteiger partial charge in [0.05, 0.1) is 0 Å². The van der Waals surface area contributed by atoms with Crippen molar-refractivity contribution in [1.29, 1.82) is 0 Å². The molecule has 0 amide bonds. The van der Waals surface area contributed by atoms with Gasteiger partial charge in [-0.05, 0) is 24.6 Å². The normalized spacial score (nSPS) is 19.9. The summed E-state index contributed by atoms with van der Waals surface area (Å²) in [6.45, 7) is 9.06. The molecule has 0 aliphatic carbocycles. The summed E-state index contributed by atoms with van der Waals surface area (Å²) < 4.78 is 10.8. The van der Waals surface area contributed by atoms with Gasteiger partial charge in [0.25, 0.3) is 0 Å². The minimum atomic E-state index is 0.350. The van der Waals surface area contributed by atoms with Crippen molar-refractivity contribution in [3.8, 4) is 11.5 Å². The van der Waals surface area contributed by atoms with Gasteiger partial charge in [0.2, 0.25) is 6.79 Å². The average Bonchev–Trinajstić information content (AvgIpc) is 2.94. The summed E-state index contributed by atoms with van der Waals surface area (Å²) in [6, 6.07) is 6.26. The Kier molecular flexibility index (Phi) is 4.23. The molecule has 2 aliphatic rings. The Morgan fingerprint density at radius 1 is 1.05 bits per heavy atom. The second-order valence-corrected chi connectivity index (χ2v) is 5.33. The highest BCUT2D eigenvalue weighted by Gasteiger charge is 2.18. The summed E-state index contributed by atoms with van der Waals surface area (Å²) in [7, 11) is 0. The van der Waals surface area contributed by atoms with Crippen LogP contribution in [0.5, 0.6) is 11.5 Å². The van der Waals surface area contributed by atoms with E-state index in [-0.39, 0.29) is 0 Å². The fourth-order valence-corrected chi connectivity index (χ4v) is 2.68. The van der Waals surface area contributed by atoms with E-state index in [1.807, 2.05) is 6.07 Å². The Morgan fingerprint density at radius 2 is 1.80 bits per heavy atom. The standard InChI is InChI=1S/C16H22N2O2/c1-2-3-6-17-7-9-18(10-8-17)12-14-4-5-15-16(11-14)20-13-19-15/h2-5,11H,6-10,12-13H2,1H3. The van der Waals surface area contributed by atoms with Crippen LogP contribution in [0.15, 0.2) is 30.4 Å². The zero-order chi connectivity index (χ0) is 13.8. The first-order chi connectivity index (χ1) is 9.85. The van der Waals surface area contributed by atoms with Crippen LogP contribution in [0.3, 0.4) is 0 Å². The number of rotatable bonds is 4. The van der Waals surface area contributed by atoms with Gasteiger partial charge < -0.3 is 9.47 Å². The van der Waals surface area contributed by atoms with Crippen molar-refractivity contribution in [2.75, 3.05) is 39.5 Å². The van der Waals surface area contributed by atoms with Crippen LogP contribution in [0.4, 0.5) is 0 Å². The molecule has 0 N–H and O–H groups in total. The monoisotopic (exact) mass is 274 g/mol. The van der Waals surface area contributed by atoms with Crippen LogP contribution in [0.25, 0.3) is 0 Å². The molecule has 20 heavy (non-hydrogen) atoms. The highest BCUT2D eigenvalue weighted by molar-refractivity contribution is 5.44. The lowest BCUT2D eigenvalue weighted by Gasteiger charge is -2.34. The molecular weight excluding hydrogens is 252 g/mol. The third-order valence-electron chi connectivity index (χ3n) is 3.91. The summed E-state index contributed by atoms with van der Waals surface area (Å²) in [5.41, 5.74) is 1.30. The van der Waals surface area contributed by atoms with Crippen LogP contribution in [0.1, 0.15) is 12.5 Å². The third kappa shape index (κ3) is 3.14. The average molecular weight is 274 g/mol. The van der Waals surface area contributed by atoms with E-state index in [9.17, 15) is 0 Å². The third-order valence-corrected chi connectivity index (χ3v) is 3.91. The van der Waals surface area contributed by atoms with E-state index in [1.54, 1.807) is 0 Å². The lowest BCUT2D eigenvalue weighted by Crippen LogP contribution is -2.45. The van der Waals surface area contributed by atoms with Gasteiger partial charge in [0, 0.05) is 39.3 Å². The van der Waals surface area contributed by atoms with Gasteiger partial charge in [0.15, 0.2) is 11.5 Å². The van der Waals surface area contributed by atoms with Crippen LogP contribution in [-0.2, 0) is 6.54 Å². The number of nitrogens with zero attached hydrogens (tertiary/aromatic N) is 2. The largest absolute Gasteiger partial charge is 0.454 e. The number of allylic oxidation sites excluding steroid dienone is 1. The van der Waals surface area contributed by atoms with Gasteiger partial charge in [-0.3, -0.25) is 9.80 Å². The first-order valence-corrected chi connectivity index (χ1v) is 7.29. The fourth-order valence-electron chi connectivity index (χ4n) is 2.68. The molecule has 1 aromatic rings. The second-order valence-electron chi connectivity index (χ2n) is 5.33. The number of fused-ring (bicyclic) bond motifs is 1. The quantitative estimate of drug-likeness (QED) is 0.785. The molecule has 2 heterocycles. The Labute approximate surface area is 120 Å². The molecule has 0 aromatic heterocycles. The number of hydrogen-bond donors (Lipinski definition) is 0. The Hall–Kier alpha value is -1.52. The molecule has 0 saturated carbocycles. The molecule has 108 valence electrons. The summed E-state index contributed by atoms with van der Waals surface area (Å²) in [5.74, 6) is 1.75. The number of benzene rings is 1. The van der Waals surface area contributed by atoms with Gasteiger partial charge in [-0.1, -0.05) is 18.2 Å². The van der Waals surface area contributed by atoms with E-state index in [2.05, 4.69) is 41.0 Å². The highest BCUT2D eigenvalue weighted by Crippen LogP contribution is 2.32. The van der Waals surface area contributed by atoms with Crippen molar-refractivity contribution in [1.82, 2.24) is 9.80 Å². The predicted octanol–water partition coefficient (Wildman–Crippen LogP) is 2.11. The molecule has 0 radical (unpaired) electrons. The Balaban J connectivity index is 1.52. The van der Waals surface area contributed by atoms with E-state index < -0.39 is 0 Å². The molecule has 2 aliphatic heterocycles. The molecule has 1 aromatic carbocycles. The van der Waals surface area contributed by atoms with Gasteiger partial charge in [-0.2, -0.15) is 0 Å². The summed E-state index contributed by atoms with van der Waals surface area (Å²) in [6.07, 6.45) is 4.35. The Morgan fingerprint density at radius 3 is 2.60 bits per heavy atom. The maximum Gasteiger partial charge on any atom is 0.231 e. The molecule has 1 saturated heterocycles. The van der Waals surface area contributed by atoms with E-state index in [0.717, 1.165) is 50.8 Å². The number of piperazine rings is 1. The molecule has 4 heteroatoms. The van der Waals surface area contributed by atoms with Crippen LogP contribution < -0.4 is 9.47 Å². The van der Waals surface area contributed by atoms with E-state index in [1.165, 1.54) is 5.56 Å². The van der Waals surface area contributed by atoms with Gasteiger partial charge in [-0.25, -0.2) is 0 Å². The van der Waals surface area contributed by atoms with Crippen molar-refractivity contribution in [3.63, 3.8) is 0 Å². The lowest BCUT2D eigenvalue weighted by atomic mass is 10.1. The van der Waals surface area contributed by atoms with Crippen LogP contribution in [0.2, 0.25) is 0 Å². The molecule has 1 fully saturated rings. The summed E-state index contributed by atoms with van der Waals surface area (Å²) in [5, 5.41) is 0. The molecular formula is C16H22N2O2. The SMILES string of the molecule is CC=CCN1CCN(Cc2ccc3c(c2)OCO3)CC1. The zero-order valence-corrected chi connectivity index (χ0v) is 12.0. The molecule has 0 unspecified atom stereocenters. The van der Waals surface area contributed by atoms with Crippen molar-refractivity contribution in [3.05, 3.63) is 35.9 Å². The summed E-state index contributed by atoms with van der Waals surface area (Å²) in [4.78, 5) is 5.00. The highest BCUT2D eigenvalue weighted by atomic mass is 16.7. The van der Waals surface area contributed by atoms with E-state index in [0.29, 0.717) is 6.79 Å². The van der Waals surface area contributed by atoms with Gasteiger partial charge in [0.1, 0.15) is 0 Å². The van der Waals surface area contributed by atoms with Crippen LogP contribution in [0, 0.1) is 0 Å². The number of hydrogen-bond acceptors (Lipinski definition) is 4. The van der Waals surface area contributed by atoms with Crippen molar-refractivity contribution in [2.45, 2.75) is 13.5 Å². The second kappa shape index (κ2) is 6.29. The molecule has 0 atom stereocenters. The van der Waals surface area contributed by atoms with Crippen molar-refractivity contribution < 1.29 is 9.47 Å². The molecule has 3 rings (SSSR count). The van der Waals surface area contributed by atoms with Crippen LogP contribution in [-0.4, -0.2) is 49.3 Å². The van der Waals surface area contributed by atoms with Gasteiger partial charge >= 0.3 is 0 Å². The molecule has 4 nitrogen and oxygen atoms in total. The smallest absolute Gasteiger partial charge is 0.231 e. The van der Waals surface area contributed by atoms with E-state index >= 15 is 0 Å². The first-order valence-electron chi connectivity index (χ1n) is 7.29. The fraction of sp³-hybridized carbons (Fsp3) is 0.500. The number of ether oxygens (including phenoxy) is 2. The van der Waals surface area contributed by atoms with Crippen molar-refractivity contribution in [2.24, 2.45) is 0 Å². The lowest BCUT2D eigenvalue weighted by molar-refractivity contribution is 0.137. The van der Waals surface area contributed by atoms with Gasteiger partial charge in [-0.15, -0.1) is 0 Å². The van der Waals surface area contributed by atoms with Crippen LogP contribution >= 0.6 is 0 Å². The molecule has 0 spiro atoms. The van der Waals surface area contributed by atoms with E-state index in [4.69, 9.17) is 9.47 Å². The first kappa shape index (κ1) is 13.5. The Bertz CT molecular complexity index is 479. The predicted molar refractivity (Wildman–Crippen MR) is 79.1 cm³/mol.